The highest BCUT2D eigenvalue weighted by Gasteiger charge is 2.23. The van der Waals surface area contributed by atoms with E-state index in [1.165, 1.54) is 45.1 Å². The van der Waals surface area contributed by atoms with Crippen LogP contribution < -0.4 is 5.32 Å². The molecule has 0 heterocycles. The minimum atomic E-state index is 0.592. The second-order valence-electron chi connectivity index (χ2n) is 6.43. The Balaban J connectivity index is 2.20. The molecule has 1 unspecified atom stereocenters. The molecular weight excluding hydrogens is 182 g/mol. The zero-order chi connectivity index (χ0) is 11.3. The third-order valence-electron chi connectivity index (χ3n) is 3.73. The van der Waals surface area contributed by atoms with E-state index in [0.29, 0.717) is 5.41 Å². The first kappa shape index (κ1) is 13.0. The summed E-state index contributed by atoms with van der Waals surface area (Å²) in [5.74, 6) is 0.833. The molecule has 1 saturated carbocycles. The molecule has 0 aromatic rings. The normalized spacial score (nSPS) is 26.6. The van der Waals surface area contributed by atoms with Crippen LogP contribution in [0.3, 0.4) is 0 Å². The fourth-order valence-corrected chi connectivity index (χ4v) is 2.44. The van der Waals surface area contributed by atoms with Crippen LogP contribution in [0.4, 0.5) is 0 Å². The van der Waals surface area contributed by atoms with Gasteiger partial charge < -0.3 is 5.32 Å². The summed E-state index contributed by atoms with van der Waals surface area (Å²) < 4.78 is 0. The Kier molecular flexibility index (Phi) is 5.11. The Labute approximate surface area is 96.0 Å². The Hall–Kier alpha value is -0.0400. The number of nitrogens with one attached hydrogen (secondary N) is 1. The van der Waals surface area contributed by atoms with Gasteiger partial charge in [-0.15, -0.1) is 0 Å². The van der Waals surface area contributed by atoms with E-state index >= 15 is 0 Å². The summed E-state index contributed by atoms with van der Waals surface area (Å²) in [7, 11) is 0. The lowest BCUT2D eigenvalue weighted by atomic mass is 9.85. The average Bonchev–Trinajstić information content (AvgIpc) is 2.27. The van der Waals surface area contributed by atoms with Crippen molar-refractivity contribution in [3.63, 3.8) is 0 Å². The van der Waals surface area contributed by atoms with Gasteiger partial charge in [-0.25, -0.2) is 0 Å². The summed E-state index contributed by atoms with van der Waals surface area (Å²) in [6, 6.07) is 0.797. The second kappa shape index (κ2) is 5.89. The minimum Gasteiger partial charge on any atom is -0.314 e. The highest BCUT2D eigenvalue weighted by atomic mass is 14.9. The molecule has 1 N–H and O–H groups in total. The molecule has 1 rings (SSSR count). The van der Waals surface area contributed by atoms with Crippen molar-refractivity contribution in [2.45, 2.75) is 72.3 Å². The minimum absolute atomic E-state index is 0.592. The second-order valence-corrected chi connectivity index (χ2v) is 6.43. The quantitative estimate of drug-likeness (QED) is 0.694. The molecule has 90 valence electrons. The molecule has 1 nitrogen and oxygen atoms in total. The summed E-state index contributed by atoms with van der Waals surface area (Å²) >= 11 is 0. The SMILES string of the molecule is CC(C)CCNC1CCCC(C)(C)CC1. The van der Waals surface area contributed by atoms with Gasteiger partial charge in [0.05, 0.1) is 0 Å². The summed E-state index contributed by atoms with van der Waals surface area (Å²) in [5.41, 5.74) is 0.592. The molecule has 1 heteroatoms. The Morgan fingerprint density at radius 3 is 2.60 bits per heavy atom. The van der Waals surface area contributed by atoms with Crippen LogP contribution in [0.5, 0.6) is 0 Å². The monoisotopic (exact) mass is 211 g/mol. The summed E-state index contributed by atoms with van der Waals surface area (Å²) in [4.78, 5) is 0. The third-order valence-corrected chi connectivity index (χ3v) is 3.73. The van der Waals surface area contributed by atoms with Crippen LogP contribution in [-0.2, 0) is 0 Å². The molecule has 1 atom stereocenters. The van der Waals surface area contributed by atoms with Gasteiger partial charge in [-0.05, 0) is 50.0 Å². The fourth-order valence-electron chi connectivity index (χ4n) is 2.44. The van der Waals surface area contributed by atoms with E-state index in [1.54, 1.807) is 0 Å². The van der Waals surface area contributed by atoms with Crippen molar-refractivity contribution in [2.75, 3.05) is 6.54 Å². The molecule has 1 aliphatic rings. The van der Waals surface area contributed by atoms with Crippen molar-refractivity contribution in [1.82, 2.24) is 5.32 Å². The van der Waals surface area contributed by atoms with Crippen molar-refractivity contribution >= 4 is 0 Å². The maximum atomic E-state index is 3.73. The molecule has 0 aliphatic heterocycles. The lowest BCUT2D eigenvalue weighted by molar-refractivity contribution is 0.309. The van der Waals surface area contributed by atoms with Gasteiger partial charge in [0.25, 0.3) is 0 Å². The molecule has 0 aromatic heterocycles. The molecule has 15 heavy (non-hydrogen) atoms. The van der Waals surface area contributed by atoms with E-state index < -0.39 is 0 Å². The van der Waals surface area contributed by atoms with Crippen molar-refractivity contribution in [3.05, 3.63) is 0 Å². The first-order chi connectivity index (χ1) is 6.99. The van der Waals surface area contributed by atoms with Crippen molar-refractivity contribution in [1.29, 1.82) is 0 Å². The molecule has 0 radical (unpaired) electrons. The predicted octanol–water partition coefficient (Wildman–Crippen LogP) is 3.98. The van der Waals surface area contributed by atoms with Gasteiger partial charge in [0.1, 0.15) is 0 Å². The number of rotatable bonds is 4. The highest BCUT2D eigenvalue weighted by molar-refractivity contribution is 4.79. The van der Waals surface area contributed by atoms with Crippen LogP contribution in [-0.4, -0.2) is 12.6 Å². The molecule has 0 bridgehead atoms. The summed E-state index contributed by atoms with van der Waals surface area (Å²) in [6.07, 6.45) is 8.31. The van der Waals surface area contributed by atoms with Gasteiger partial charge in [0, 0.05) is 6.04 Å². The van der Waals surface area contributed by atoms with E-state index in [-0.39, 0.29) is 0 Å². The molecule has 0 spiro atoms. The molecular formula is C14H29N. The molecule has 0 saturated heterocycles. The smallest absolute Gasteiger partial charge is 0.00672 e. The van der Waals surface area contributed by atoms with Crippen LogP contribution in [0.15, 0.2) is 0 Å². The molecule has 1 aliphatic carbocycles. The molecule has 1 fully saturated rings. The van der Waals surface area contributed by atoms with E-state index in [0.717, 1.165) is 12.0 Å². The van der Waals surface area contributed by atoms with Crippen molar-refractivity contribution < 1.29 is 0 Å². The Bertz CT molecular complexity index is 172. The van der Waals surface area contributed by atoms with Crippen LogP contribution in [0.1, 0.15) is 66.2 Å². The van der Waals surface area contributed by atoms with Crippen LogP contribution >= 0.6 is 0 Å². The Morgan fingerprint density at radius 2 is 1.93 bits per heavy atom. The Morgan fingerprint density at radius 1 is 1.20 bits per heavy atom. The maximum Gasteiger partial charge on any atom is 0.00672 e. The van der Waals surface area contributed by atoms with Crippen molar-refractivity contribution in [2.24, 2.45) is 11.3 Å². The molecule has 0 aromatic carbocycles. The topological polar surface area (TPSA) is 12.0 Å². The fraction of sp³-hybridized carbons (Fsp3) is 1.00. The van der Waals surface area contributed by atoms with Crippen LogP contribution in [0.25, 0.3) is 0 Å². The van der Waals surface area contributed by atoms with Crippen LogP contribution in [0.2, 0.25) is 0 Å². The van der Waals surface area contributed by atoms with Gasteiger partial charge in [-0.3, -0.25) is 0 Å². The lowest BCUT2D eigenvalue weighted by Crippen LogP contribution is -2.30. The summed E-state index contributed by atoms with van der Waals surface area (Å²) in [6.45, 7) is 10.7. The van der Waals surface area contributed by atoms with E-state index in [2.05, 4.69) is 33.0 Å². The van der Waals surface area contributed by atoms with Gasteiger partial charge in [0.2, 0.25) is 0 Å². The highest BCUT2D eigenvalue weighted by Crippen LogP contribution is 2.33. The number of hydrogen-bond acceptors (Lipinski definition) is 1. The van der Waals surface area contributed by atoms with Crippen molar-refractivity contribution in [3.8, 4) is 0 Å². The first-order valence-corrected chi connectivity index (χ1v) is 6.73. The summed E-state index contributed by atoms with van der Waals surface area (Å²) in [5, 5.41) is 3.73. The van der Waals surface area contributed by atoms with Gasteiger partial charge in [0.15, 0.2) is 0 Å². The van der Waals surface area contributed by atoms with E-state index in [1.807, 2.05) is 0 Å². The third kappa shape index (κ3) is 5.55. The molecule has 0 amide bonds. The van der Waals surface area contributed by atoms with E-state index in [4.69, 9.17) is 0 Å². The zero-order valence-electron chi connectivity index (χ0n) is 11.1. The van der Waals surface area contributed by atoms with Gasteiger partial charge in [-0.2, -0.15) is 0 Å². The largest absolute Gasteiger partial charge is 0.314 e. The van der Waals surface area contributed by atoms with Gasteiger partial charge >= 0.3 is 0 Å². The average molecular weight is 211 g/mol. The number of hydrogen-bond donors (Lipinski definition) is 1. The standard InChI is InChI=1S/C14H29N/c1-12(2)8-11-15-13-6-5-9-14(3,4)10-7-13/h12-13,15H,5-11H2,1-4H3. The van der Waals surface area contributed by atoms with Gasteiger partial charge in [-0.1, -0.05) is 34.1 Å². The first-order valence-electron chi connectivity index (χ1n) is 6.73. The lowest BCUT2D eigenvalue weighted by Gasteiger charge is -2.22. The predicted molar refractivity (Wildman–Crippen MR) is 68.1 cm³/mol. The maximum absolute atomic E-state index is 3.73. The van der Waals surface area contributed by atoms with E-state index in [9.17, 15) is 0 Å². The zero-order valence-corrected chi connectivity index (χ0v) is 11.1. The van der Waals surface area contributed by atoms with Crippen LogP contribution in [0, 0.1) is 11.3 Å².